The lowest BCUT2D eigenvalue weighted by Crippen LogP contribution is -2.61. The number of fused-ring (bicyclic) bond motifs is 1. The first-order valence-electron chi connectivity index (χ1n) is 29.8. The van der Waals surface area contributed by atoms with Crippen molar-refractivity contribution in [1.82, 2.24) is 57.3 Å². The van der Waals surface area contributed by atoms with Crippen molar-refractivity contribution < 1.29 is 68.1 Å². The molecule has 4 heterocycles. The Morgan fingerprint density at radius 1 is 0.640 bits per heavy atom. The van der Waals surface area contributed by atoms with Crippen molar-refractivity contribution in [3.05, 3.63) is 102 Å². The van der Waals surface area contributed by atoms with Gasteiger partial charge in [-0.2, -0.15) is 0 Å². The zero-order valence-corrected chi connectivity index (χ0v) is 49.7. The van der Waals surface area contributed by atoms with Crippen molar-refractivity contribution in [2.75, 3.05) is 32.8 Å². The van der Waals surface area contributed by atoms with Gasteiger partial charge in [-0.25, -0.2) is 0 Å². The number of phenolic OH excluding ortho intramolecular Hbond substituents is 1. The summed E-state index contributed by atoms with van der Waals surface area (Å²) in [6.07, 6.45) is 3.01. The number of aliphatic hydroxyl groups is 1. The quantitative estimate of drug-likeness (QED) is 0.0158. The molecule has 0 saturated carbocycles. The Balaban J connectivity index is 1.11. The molecule has 0 unspecified atom stereocenters. The Morgan fingerprint density at radius 2 is 1.19 bits per heavy atom. The first kappa shape index (κ1) is 66.9. The van der Waals surface area contributed by atoms with E-state index in [0.29, 0.717) is 40.4 Å². The number of aliphatic imine (C=N–C) groups is 1. The van der Waals surface area contributed by atoms with Crippen molar-refractivity contribution in [2.45, 2.75) is 145 Å². The number of likely N-dealkylation sites (tertiary alicyclic amines) is 2. The van der Waals surface area contributed by atoms with E-state index in [1.165, 1.54) is 34.1 Å². The predicted octanol–water partition coefficient (Wildman–Crippen LogP) is -1.64. The number of rotatable bonds is 30. The molecule has 0 spiro atoms. The Kier molecular flexibility index (Phi) is 24.0. The number of guanidine groups is 1. The minimum Gasteiger partial charge on any atom is -0.508 e. The molecule has 3 aromatic carbocycles. The fourth-order valence-electron chi connectivity index (χ4n) is 11.2. The highest BCUT2D eigenvalue weighted by molar-refractivity contribution is 6.00. The Bertz CT molecular complexity index is 3230. The van der Waals surface area contributed by atoms with Crippen LogP contribution >= 0.6 is 0 Å². The number of carbonyl (C=O) groups is 11. The summed E-state index contributed by atoms with van der Waals surface area (Å²) in [5.74, 6) is -9.02. The maximum atomic E-state index is 15.0. The van der Waals surface area contributed by atoms with Crippen LogP contribution in [-0.2, 0) is 72.0 Å². The molecule has 4 aromatic rings. The maximum Gasteiger partial charge on any atom is 0.322 e. The molecule has 478 valence electrons. The van der Waals surface area contributed by atoms with Crippen molar-refractivity contribution in [1.29, 1.82) is 0 Å². The Morgan fingerprint density at radius 3 is 1.81 bits per heavy atom. The van der Waals surface area contributed by atoms with Gasteiger partial charge in [0.05, 0.1) is 6.61 Å². The molecular weight excluding hydrogens is 1150 g/mol. The first-order chi connectivity index (χ1) is 42.6. The zero-order valence-electron chi connectivity index (χ0n) is 49.7. The fourth-order valence-corrected chi connectivity index (χ4v) is 11.2. The molecule has 3 fully saturated rings. The van der Waals surface area contributed by atoms with Crippen LogP contribution in [0.15, 0.2) is 90.1 Å². The number of phenols is 1. The molecule has 0 aliphatic carbocycles. The zero-order chi connectivity index (χ0) is 64.3. The summed E-state index contributed by atoms with van der Waals surface area (Å²) in [7, 11) is 0. The highest BCUT2D eigenvalue weighted by atomic mass is 16.4. The number of carboxylic acid groups (broad SMARTS) is 1. The van der Waals surface area contributed by atoms with Crippen molar-refractivity contribution in [3.63, 3.8) is 0 Å². The summed E-state index contributed by atoms with van der Waals surface area (Å²) < 4.78 is 0. The van der Waals surface area contributed by atoms with Gasteiger partial charge >= 0.3 is 5.97 Å². The molecule has 1 aromatic heterocycles. The number of hydrogen-bond acceptors (Lipinski definition) is 14. The standard InChI is InChI=1S/C61H80N14O14/c1-34(2)27-43(53(82)68-42(15-8-24-64-61(62)63)59(88)74-25-9-16-48(74)57(86)66-32-51(79)80)69-55(84)45(30-37-31-65-40-14-7-6-13-39(37)40)71-54(83)44(28-36-18-20-38(77)21-19-36)70-56(85)47(33-76)73-58(87)49-17-10-26-75(49)60(89)46(29-35-11-4-3-5-12-35)72-52(81)41-22-23-50(78)67-41/h3-7,11-14,18-21,31,34,41-49,65,76-77H,8-10,15-17,22-30,32-33H2,1-2H3,(H,66,86)(H,67,78)(H,68,82)(H,69,84)(H,70,85)(H,71,83)(H,72,81)(H,73,87)(H,79,80)(H4,62,63,64)/t41-,42-,43-,44-,45+,46+,47-,48-,49-/m0/s1. The summed E-state index contributed by atoms with van der Waals surface area (Å²) in [6, 6.07) is 10.2. The first-order valence-corrected chi connectivity index (χ1v) is 29.8. The number of aromatic nitrogens is 1. The number of carbonyl (C=O) groups excluding carboxylic acids is 10. The van der Waals surface area contributed by atoms with Gasteiger partial charge in [0, 0.05) is 62.4 Å². The lowest BCUT2D eigenvalue weighted by Gasteiger charge is -2.31. The van der Waals surface area contributed by atoms with Crippen LogP contribution in [0.25, 0.3) is 10.9 Å². The van der Waals surface area contributed by atoms with Gasteiger partial charge in [0.15, 0.2) is 5.96 Å². The van der Waals surface area contributed by atoms with E-state index in [0.717, 1.165) is 0 Å². The minimum atomic E-state index is -1.70. The number of H-pyrrole nitrogens is 1. The molecule has 28 heteroatoms. The number of nitrogens with zero attached hydrogens (tertiary/aromatic N) is 3. The number of aliphatic hydroxyl groups excluding tert-OH is 1. The number of aliphatic carboxylic acids is 1. The number of aromatic hydroxyl groups is 1. The van der Waals surface area contributed by atoms with E-state index in [-0.39, 0.29) is 107 Å². The number of amides is 10. The monoisotopic (exact) mass is 1230 g/mol. The van der Waals surface area contributed by atoms with Crippen LogP contribution in [-0.4, -0.2) is 188 Å². The third-order valence-corrected chi connectivity index (χ3v) is 15.8. The van der Waals surface area contributed by atoms with E-state index in [1.807, 2.05) is 6.07 Å². The van der Waals surface area contributed by atoms with Gasteiger partial charge in [0.2, 0.25) is 59.1 Å². The molecule has 10 amide bonds. The van der Waals surface area contributed by atoms with E-state index in [2.05, 4.69) is 52.5 Å². The number of nitrogens with two attached hydrogens (primary N) is 2. The summed E-state index contributed by atoms with van der Waals surface area (Å²) in [5, 5.41) is 51.9. The molecule has 3 aliphatic rings. The van der Waals surface area contributed by atoms with Crippen LogP contribution < -0.4 is 54.0 Å². The lowest BCUT2D eigenvalue weighted by molar-refractivity contribution is -0.143. The average Bonchev–Trinajstić information content (AvgIpc) is 2.18. The van der Waals surface area contributed by atoms with Crippen LogP contribution in [0.1, 0.15) is 88.3 Å². The highest BCUT2D eigenvalue weighted by Crippen LogP contribution is 2.24. The fraction of sp³-hybridized carbons (Fsp3) is 0.475. The second-order valence-electron chi connectivity index (χ2n) is 22.9. The van der Waals surface area contributed by atoms with Gasteiger partial charge in [-0.3, -0.25) is 57.7 Å². The molecule has 3 aliphatic heterocycles. The van der Waals surface area contributed by atoms with E-state index in [4.69, 9.17) is 11.5 Å². The van der Waals surface area contributed by atoms with Gasteiger partial charge in [-0.05, 0) is 92.2 Å². The molecule has 7 rings (SSSR count). The maximum absolute atomic E-state index is 15.0. The van der Waals surface area contributed by atoms with E-state index in [9.17, 15) is 68.1 Å². The number of nitrogens with one attached hydrogen (secondary N) is 9. The smallest absolute Gasteiger partial charge is 0.322 e. The van der Waals surface area contributed by atoms with Crippen LogP contribution in [0, 0.1) is 5.92 Å². The molecule has 89 heavy (non-hydrogen) atoms. The number of carboxylic acids is 1. The minimum absolute atomic E-state index is 0.0167. The van der Waals surface area contributed by atoms with Crippen LogP contribution in [0.3, 0.4) is 0 Å². The Hall–Kier alpha value is -9.60. The predicted molar refractivity (Wildman–Crippen MR) is 323 cm³/mol. The lowest BCUT2D eigenvalue weighted by atomic mass is 9.99. The summed E-state index contributed by atoms with van der Waals surface area (Å²) in [4.78, 5) is 161. The normalized spacial score (nSPS) is 18.3. The van der Waals surface area contributed by atoms with E-state index in [1.54, 1.807) is 68.6 Å². The van der Waals surface area contributed by atoms with Crippen molar-refractivity contribution in [3.8, 4) is 5.75 Å². The molecule has 28 nitrogen and oxygen atoms in total. The van der Waals surface area contributed by atoms with Crippen LogP contribution in [0.5, 0.6) is 5.75 Å². The Labute approximate surface area is 513 Å². The highest BCUT2D eigenvalue weighted by Gasteiger charge is 2.42. The third kappa shape index (κ3) is 18.9. The molecule has 0 bridgehead atoms. The van der Waals surface area contributed by atoms with Gasteiger partial charge in [0.25, 0.3) is 0 Å². The van der Waals surface area contributed by atoms with E-state index >= 15 is 0 Å². The number of aromatic amines is 1. The number of benzene rings is 3. The van der Waals surface area contributed by atoms with Gasteiger partial charge in [-0.1, -0.05) is 74.5 Å². The van der Waals surface area contributed by atoms with Crippen molar-refractivity contribution in [2.24, 2.45) is 22.4 Å². The van der Waals surface area contributed by atoms with Gasteiger partial charge in [0.1, 0.15) is 66.7 Å². The molecule has 0 radical (unpaired) electrons. The largest absolute Gasteiger partial charge is 0.508 e. The number of hydrogen-bond donors (Lipinski definition) is 14. The molecule has 9 atom stereocenters. The SMILES string of the molecule is CC(C)C[C@H](NC(=O)[C@@H](Cc1c[nH]c2ccccc12)NC(=O)[C@H](Cc1ccc(O)cc1)NC(=O)[C@H](CO)NC(=O)[C@@H]1CCCN1C(=O)[C@@H](Cc1ccccc1)NC(=O)[C@@H]1CCC(=O)N1)C(=O)N[C@@H](CCCN=C(N)N)C(=O)N1CCC[C@H]1C(=O)NCC(=O)O. The second-order valence-corrected chi connectivity index (χ2v) is 22.9. The molecule has 16 N–H and O–H groups in total. The topological polar surface area (TPSA) is 431 Å². The summed E-state index contributed by atoms with van der Waals surface area (Å²) >= 11 is 0. The van der Waals surface area contributed by atoms with Crippen molar-refractivity contribution >= 4 is 81.9 Å². The average molecular weight is 1230 g/mol. The summed E-state index contributed by atoms with van der Waals surface area (Å²) in [5.41, 5.74) is 13.5. The van der Waals surface area contributed by atoms with Gasteiger partial charge in [-0.15, -0.1) is 0 Å². The molecule has 3 saturated heterocycles. The third-order valence-electron chi connectivity index (χ3n) is 15.8. The van der Waals surface area contributed by atoms with Gasteiger partial charge < -0.3 is 84.1 Å². The molecular formula is C61H80N14O14. The summed E-state index contributed by atoms with van der Waals surface area (Å²) in [6.45, 7) is 2.26. The van der Waals surface area contributed by atoms with Crippen LogP contribution in [0.4, 0.5) is 0 Å². The second kappa shape index (κ2) is 31.9. The van der Waals surface area contributed by atoms with Crippen LogP contribution in [0.2, 0.25) is 0 Å². The van der Waals surface area contributed by atoms with E-state index < -0.39 is 127 Å². The number of para-hydroxylation sites is 1.